The predicted molar refractivity (Wildman–Crippen MR) is 77.4 cm³/mol. The van der Waals surface area contributed by atoms with Gasteiger partial charge in [-0.15, -0.1) is 0 Å². The van der Waals surface area contributed by atoms with Crippen molar-refractivity contribution in [3.05, 3.63) is 0 Å². The number of ether oxygens (including phenoxy) is 1. The highest BCUT2D eigenvalue weighted by Gasteiger charge is 2.57. The molecule has 0 aromatic heterocycles. The van der Waals surface area contributed by atoms with Crippen molar-refractivity contribution in [2.24, 2.45) is 10.4 Å². The van der Waals surface area contributed by atoms with E-state index in [0.717, 1.165) is 19.0 Å². The summed E-state index contributed by atoms with van der Waals surface area (Å²) in [4.78, 5) is 4.37. The van der Waals surface area contributed by atoms with Crippen LogP contribution in [0, 0.1) is 5.41 Å². The average Bonchev–Trinajstić information content (AvgIpc) is 3.07. The quantitative estimate of drug-likeness (QED) is 0.604. The Bertz CT molecular complexity index is 345. The fourth-order valence-electron chi connectivity index (χ4n) is 3.85. The fourth-order valence-corrected chi connectivity index (χ4v) is 3.85. The Hall–Kier alpha value is -0.770. The molecular weight excluding hydrogens is 238 g/mol. The SMILES string of the molecule is CCOC1CC(NC(=NC)NC2CC2)C12CCCC2. The van der Waals surface area contributed by atoms with Gasteiger partial charge in [-0.25, -0.2) is 0 Å². The van der Waals surface area contributed by atoms with Gasteiger partial charge >= 0.3 is 0 Å². The molecule has 0 aromatic rings. The normalized spacial score (nSPS) is 33.3. The molecule has 0 saturated heterocycles. The van der Waals surface area contributed by atoms with Gasteiger partial charge in [0.1, 0.15) is 0 Å². The maximum atomic E-state index is 5.95. The van der Waals surface area contributed by atoms with Gasteiger partial charge in [0.25, 0.3) is 0 Å². The second kappa shape index (κ2) is 5.31. The third-order valence-corrected chi connectivity index (χ3v) is 5.14. The van der Waals surface area contributed by atoms with E-state index < -0.39 is 0 Å². The Morgan fingerprint density at radius 1 is 1.26 bits per heavy atom. The molecule has 4 nitrogen and oxygen atoms in total. The summed E-state index contributed by atoms with van der Waals surface area (Å²) >= 11 is 0. The molecule has 0 aromatic carbocycles. The topological polar surface area (TPSA) is 45.6 Å². The number of hydrogen-bond acceptors (Lipinski definition) is 2. The molecule has 19 heavy (non-hydrogen) atoms. The number of nitrogens with one attached hydrogen (secondary N) is 2. The number of nitrogens with zero attached hydrogens (tertiary/aromatic N) is 1. The maximum absolute atomic E-state index is 5.95. The van der Waals surface area contributed by atoms with Crippen molar-refractivity contribution in [3.8, 4) is 0 Å². The van der Waals surface area contributed by atoms with Gasteiger partial charge in [-0.05, 0) is 39.0 Å². The average molecular weight is 265 g/mol. The van der Waals surface area contributed by atoms with Crippen molar-refractivity contribution in [2.75, 3.05) is 13.7 Å². The summed E-state index contributed by atoms with van der Waals surface area (Å²) in [6.45, 7) is 2.95. The summed E-state index contributed by atoms with van der Waals surface area (Å²) < 4.78 is 5.95. The van der Waals surface area contributed by atoms with E-state index in [0.29, 0.717) is 23.6 Å². The van der Waals surface area contributed by atoms with Gasteiger partial charge < -0.3 is 15.4 Å². The Kier molecular flexibility index (Phi) is 3.70. The molecule has 0 bridgehead atoms. The highest BCUT2D eigenvalue weighted by Crippen LogP contribution is 2.54. The molecule has 2 unspecified atom stereocenters. The van der Waals surface area contributed by atoms with Crippen LogP contribution in [0.15, 0.2) is 4.99 Å². The summed E-state index contributed by atoms with van der Waals surface area (Å²) in [5.41, 5.74) is 0.386. The van der Waals surface area contributed by atoms with Crippen LogP contribution in [-0.4, -0.2) is 37.8 Å². The monoisotopic (exact) mass is 265 g/mol. The predicted octanol–water partition coefficient (Wildman–Crippen LogP) is 2.05. The van der Waals surface area contributed by atoms with Gasteiger partial charge in [-0.3, -0.25) is 4.99 Å². The van der Waals surface area contributed by atoms with Crippen molar-refractivity contribution in [2.45, 2.75) is 70.1 Å². The van der Waals surface area contributed by atoms with Crippen molar-refractivity contribution in [1.82, 2.24) is 10.6 Å². The molecule has 0 amide bonds. The van der Waals surface area contributed by atoms with Crippen LogP contribution in [0.4, 0.5) is 0 Å². The van der Waals surface area contributed by atoms with Gasteiger partial charge in [0.2, 0.25) is 0 Å². The van der Waals surface area contributed by atoms with E-state index in [1.807, 2.05) is 7.05 Å². The van der Waals surface area contributed by atoms with Crippen LogP contribution in [0.2, 0.25) is 0 Å². The molecule has 2 N–H and O–H groups in total. The lowest BCUT2D eigenvalue weighted by atomic mass is 9.60. The third kappa shape index (κ3) is 2.47. The van der Waals surface area contributed by atoms with Crippen LogP contribution < -0.4 is 10.6 Å². The lowest BCUT2D eigenvalue weighted by Crippen LogP contribution is -2.65. The van der Waals surface area contributed by atoms with Crippen LogP contribution in [0.3, 0.4) is 0 Å². The van der Waals surface area contributed by atoms with Gasteiger partial charge in [0.05, 0.1) is 6.10 Å². The first-order chi connectivity index (χ1) is 9.28. The first-order valence-corrected chi connectivity index (χ1v) is 7.90. The molecule has 108 valence electrons. The van der Waals surface area contributed by atoms with Crippen LogP contribution in [0.1, 0.15) is 51.9 Å². The van der Waals surface area contributed by atoms with Crippen molar-refractivity contribution in [3.63, 3.8) is 0 Å². The Balaban J connectivity index is 1.61. The first-order valence-electron chi connectivity index (χ1n) is 7.90. The number of guanidine groups is 1. The Morgan fingerprint density at radius 2 is 2.00 bits per heavy atom. The molecule has 4 heteroatoms. The standard InChI is InChI=1S/C15H27N3O/c1-3-19-13-10-12(15(13)8-4-5-9-15)18-14(16-2)17-11-6-7-11/h11-13H,3-10H2,1-2H3,(H2,16,17,18). The van der Waals surface area contributed by atoms with Crippen LogP contribution in [0.25, 0.3) is 0 Å². The van der Waals surface area contributed by atoms with Gasteiger partial charge in [0, 0.05) is 31.2 Å². The highest BCUT2D eigenvalue weighted by atomic mass is 16.5. The summed E-state index contributed by atoms with van der Waals surface area (Å²) in [7, 11) is 1.87. The zero-order chi connectivity index (χ0) is 13.3. The summed E-state index contributed by atoms with van der Waals surface area (Å²) in [6.07, 6.45) is 9.53. The molecular formula is C15H27N3O. The first kappa shape index (κ1) is 13.2. The molecule has 0 radical (unpaired) electrons. The molecule has 3 aliphatic rings. The zero-order valence-electron chi connectivity index (χ0n) is 12.2. The van der Waals surface area contributed by atoms with E-state index in [1.165, 1.54) is 38.5 Å². The summed E-state index contributed by atoms with van der Waals surface area (Å²) in [6, 6.07) is 1.21. The number of rotatable bonds is 4. The van der Waals surface area contributed by atoms with E-state index in [1.54, 1.807) is 0 Å². The second-order valence-corrected chi connectivity index (χ2v) is 6.31. The van der Waals surface area contributed by atoms with E-state index >= 15 is 0 Å². The van der Waals surface area contributed by atoms with E-state index in [2.05, 4.69) is 22.5 Å². The van der Waals surface area contributed by atoms with Gasteiger partial charge in [0.15, 0.2) is 5.96 Å². The van der Waals surface area contributed by atoms with Crippen LogP contribution >= 0.6 is 0 Å². The minimum atomic E-state index is 0.386. The van der Waals surface area contributed by atoms with Crippen molar-refractivity contribution >= 4 is 5.96 Å². The summed E-state index contributed by atoms with van der Waals surface area (Å²) in [5, 5.41) is 7.15. The second-order valence-electron chi connectivity index (χ2n) is 6.31. The molecule has 3 fully saturated rings. The lowest BCUT2D eigenvalue weighted by molar-refractivity contribution is -0.125. The molecule has 0 heterocycles. The largest absolute Gasteiger partial charge is 0.378 e. The molecule has 3 rings (SSSR count). The lowest BCUT2D eigenvalue weighted by Gasteiger charge is -2.54. The summed E-state index contributed by atoms with van der Waals surface area (Å²) in [5.74, 6) is 0.994. The van der Waals surface area contributed by atoms with E-state index in [9.17, 15) is 0 Å². The van der Waals surface area contributed by atoms with Gasteiger partial charge in [-0.2, -0.15) is 0 Å². The van der Waals surface area contributed by atoms with E-state index in [-0.39, 0.29) is 0 Å². The third-order valence-electron chi connectivity index (χ3n) is 5.14. The minimum absolute atomic E-state index is 0.386. The molecule has 2 atom stereocenters. The highest BCUT2D eigenvalue weighted by molar-refractivity contribution is 5.80. The molecule has 3 aliphatic carbocycles. The minimum Gasteiger partial charge on any atom is -0.378 e. The Labute approximate surface area is 116 Å². The fraction of sp³-hybridized carbons (Fsp3) is 0.933. The van der Waals surface area contributed by atoms with Gasteiger partial charge in [-0.1, -0.05) is 12.8 Å². The molecule has 0 aliphatic heterocycles. The number of hydrogen-bond donors (Lipinski definition) is 2. The van der Waals surface area contributed by atoms with E-state index in [4.69, 9.17) is 4.74 Å². The van der Waals surface area contributed by atoms with Crippen LogP contribution in [0.5, 0.6) is 0 Å². The van der Waals surface area contributed by atoms with Crippen molar-refractivity contribution in [1.29, 1.82) is 0 Å². The molecule has 3 saturated carbocycles. The number of aliphatic imine (C=N–C) groups is 1. The van der Waals surface area contributed by atoms with Crippen LogP contribution in [-0.2, 0) is 4.74 Å². The van der Waals surface area contributed by atoms with Crippen molar-refractivity contribution < 1.29 is 4.74 Å². The smallest absolute Gasteiger partial charge is 0.191 e. The molecule has 1 spiro atoms. The Morgan fingerprint density at radius 3 is 2.58 bits per heavy atom. The zero-order valence-corrected chi connectivity index (χ0v) is 12.2. The maximum Gasteiger partial charge on any atom is 0.191 e.